The van der Waals surface area contributed by atoms with E-state index in [4.69, 9.17) is 9.47 Å². The summed E-state index contributed by atoms with van der Waals surface area (Å²) in [6.45, 7) is 3.47. The highest BCUT2D eigenvalue weighted by molar-refractivity contribution is 7.92. The number of aryl methyl sites for hydroxylation is 2. The van der Waals surface area contributed by atoms with Crippen LogP contribution in [-0.4, -0.2) is 44.4 Å². The van der Waals surface area contributed by atoms with E-state index >= 15 is 0 Å². The Morgan fingerprint density at radius 1 is 0.810 bits per heavy atom. The number of aromatic nitrogens is 2. The summed E-state index contributed by atoms with van der Waals surface area (Å²) in [4.78, 5) is 34.4. The molecule has 3 N–H and O–H groups in total. The van der Waals surface area contributed by atoms with Crippen molar-refractivity contribution in [3.63, 3.8) is 0 Å². The first-order valence-corrected chi connectivity index (χ1v) is 14.1. The van der Waals surface area contributed by atoms with Gasteiger partial charge >= 0.3 is 0 Å². The van der Waals surface area contributed by atoms with Crippen molar-refractivity contribution in [2.24, 2.45) is 0 Å². The normalized spacial score (nSPS) is 11.4. The second-order valence-electron chi connectivity index (χ2n) is 9.05. The summed E-state index contributed by atoms with van der Waals surface area (Å²) < 4.78 is 38.7. The molecule has 0 aliphatic rings. The number of amides is 2. The van der Waals surface area contributed by atoms with Crippen molar-refractivity contribution in [1.82, 2.24) is 15.3 Å². The standard InChI is InChI=1S/C30H29N5O6S/c1-19-16-20(2)32-30(31-19)35-42(38,39)24-13-11-23(12-14-24)33-29(37)25(34-28(36)22-8-6-5-7-9-22)17-21-10-15-26(40-3)27(18-21)41-4/h5-18H,1-4H3,(H,33,37)(H,34,36)(H,31,32,35)/b25-17-. The van der Waals surface area contributed by atoms with Gasteiger partial charge in [-0.2, -0.15) is 0 Å². The van der Waals surface area contributed by atoms with Crippen molar-refractivity contribution >= 4 is 39.5 Å². The van der Waals surface area contributed by atoms with Gasteiger partial charge in [-0.25, -0.2) is 23.1 Å². The summed E-state index contributed by atoms with van der Waals surface area (Å²) in [6.07, 6.45) is 1.49. The molecule has 12 heteroatoms. The van der Waals surface area contributed by atoms with Crippen molar-refractivity contribution in [2.45, 2.75) is 18.7 Å². The summed E-state index contributed by atoms with van der Waals surface area (Å²) in [6, 6.07) is 20.7. The molecule has 3 aromatic carbocycles. The van der Waals surface area contributed by atoms with E-state index in [9.17, 15) is 18.0 Å². The number of anilines is 2. The van der Waals surface area contributed by atoms with E-state index < -0.39 is 21.8 Å². The van der Waals surface area contributed by atoms with Gasteiger partial charge in [0.05, 0.1) is 19.1 Å². The Morgan fingerprint density at radius 3 is 2.07 bits per heavy atom. The first kappa shape index (κ1) is 29.7. The van der Waals surface area contributed by atoms with Crippen molar-refractivity contribution < 1.29 is 27.5 Å². The van der Waals surface area contributed by atoms with Gasteiger partial charge in [0.25, 0.3) is 21.8 Å². The van der Waals surface area contributed by atoms with E-state index in [0.29, 0.717) is 39.7 Å². The SMILES string of the molecule is COc1ccc(/C=C(\NC(=O)c2ccccc2)C(=O)Nc2ccc(S(=O)(=O)Nc3nc(C)cc(C)n3)cc2)cc1OC. The largest absolute Gasteiger partial charge is 0.493 e. The van der Waals surface area contributed by atoms with Gasteiger partial charge in [0, 0.05) is 22.6 Å². The molecule has 42 heavy (non-hydrogen) atoms. The van der Waals surface area contributed by atoms with E-state index in [1.165, 1.54) is 44.6 Å². The zero-order valence-electron chi connectivity index (χ0n) is 23.3. The molecule has 1 aromatic heterocycles. The Labute approximate surface area is 243 Å². The number of nitrogens with zero attached hydrogens (tertiary/aromatic N) is 2. The average molecular weight is 588 g/mol. The van der Waals surface area contributed by atoms with Crippen LogP contribution in [0.15, 0.2) is 89.5 Å². The van der Waals surface area contributed by atoms with Gasteiger partial charge in [-0.05, 0) is 80.1 Å². The first-order chi connectivity index (χ1) is 20.1. The van der Waals surface area contributed by atoms with Crippen LogP contribution in [0.25, 0.3) is 6.08 Å². The second-order valence-corrected chi connectivity index (χ2v) is 10.7. The van der Waals surface area contributed by atoms with Gasteiger partial charge in [-0.1, -0.05) is 24.3 Å². The summed E-state index contributed by atoms with van der Waals surface area (Å²) in [5.41, 5.74) is 2.41. The van der Waals surface area contributed by atoms with Crippen LogP contribution in [0.2, 0.25) is 0 Å². The maximum absolute atomic E-state index is 13.4. The van der Waals surface area contributed by atoms with E-state index in [1.54, 1.807) is 68.4 Å². The molecule has 0 aliphatic carbocycles. The Bertz CT molecular complexity index is 1720. The van der Waals surface area contributed by atoms with Gasteiger partial charge in [0.15, 0.2) is 11.5 Å². The predicted octanol–water partition coefficient (Wildman–Crippen LogP) is 4.32. The van der Waals surface area contributed by atoms with Crippen molar-refractivity contribution in [2.75, 3.05) is 24.3 Å². The molecule has 1 heterocycles. The molecule has 4 aromatic rings. The number of hydrogen-bond acceptors (Lipinski definition) is 8. The molecule has 0 radical (unpaired) electrons. The van der Waals surface area contributed by atoms with Crippen LogP contribution >= 0.6 is 0 Å². The fourth-order valence-corrected chi connectivity index (χ4v) is 4.86. The molecule has 0 atom stereocenters. The number of carbonyl (C=O) groups excluding carboxylic acids is 2. The maximum Gasteiger partial charge on any atom is 0.272 e. The molecular weight excluding hydrogens is 558 g/mol. The molecular formula is C30H29N5O6S. The quantitative estimate of drug-likeness (QED) is 0.232. The zero-order valence-corrected chi connectivity index (χ0v) is 24.2. The fraction of sp³-hybridized carbons (Fsp3) is 0.133. The molecule has 4 rings (SSSR count). The Hall–Kier alpha value is -5.23. The van der Waals surface area contributed by atoms with Crippen LogP contribution in [0, 0.1) is 13.8 Å². The third kappa shape index (κ3) is 7.49. The minimum atomic E-state index is -3.99. The zero-order chi connectivity index (χ0) is 30.3. The molecule has 2 amide bonds. The number of hydrogen-bond donors (Lipinski definition) is 3. The highest BCUT2D eigenvalue weighted by Crippen LogP contribution is 2.28. The smallest absolute Gasteiger partial charge is 0.272 e. The monoisotopic (exact) mass is 587 g/mol. The van der Waals surface area contributed by atoms with Gasteiger partial charge in [0.2, 0.25) is 5.95 Å². The first-order valence-electron chi connectivity index (χ1n) is 12.6. The highest BCUT2D eigenvalue weighted by atomic mass is 32.2. The highest BCUT2D eigenvalue weighted by Gasteiger charge is 2.18. The van der Waals surface area contributed by atoms with Crippen LogP contribution in [0.5, 0.6) is 11.5 Å². The maximum atomic E-state index is 13.4. The molecule has 0 spiro atoms. The number of benzene rings is 3. The van der Waals surface area contributed by atoms with Crippen molar-refractivity contribution in [3.8, 4) is 11.5 Å². The molecule has 0 fully saturated rings. The molecule has 0 saturated carbocycles. The lowest BCUT2D eigenvalue weighted by Gasteiger charge is -2.13. The second kappa shape index (κ2) is 13.0. The Balaban J connectivity index is 1.57. The lowest BCUT2D eigenvalue weighted by molar-refractivity contribution is -0.113. The van der Waals surface area contributed by atoms with E-state index in [-0.39, 0.29) is 16.5 Å². The third-order valence-electron chi connectivity index (χ3n) is 5.88. The van der Waals surface area contributed by atoms with Crippen LogP contribution < -0.4 is 24.8 Å². The molecule has 0 saturated heterocycles. The number of sulfonamides is 1. The molecule has 11 nitrogen and oxygen atoms in total. The molecule has 0 unspecified atom stereocenters. The minimum absolute atomic E-state index is 0.0380. The molecule has 0 aliphatic heterocycles. The van der Waals surface area contributed by atoms with E-state index in [2.05, 4.69) is 25.3 Å². The van der Waals surface area contributed by atoms with Gasteiger partial charge in [-0.3, -0.25) is 9.59 Å². The number of nitrogens with one attached hydrogen (secondary N) is 3. The van der Waals surface area contributed by atoms with E-state index in [1.807, 2.05) is 0 Å². The number of carbonyl (C=O) groups is 2. The van der Waals surface area contributed by atoms with Crippen LogP contribution in [0.1, 0.15) is 27.3 Å². The molecule has 216 valence electrons. The van der Waals surface area contributed by atoms with Gasteiger partial charge in [-0.15, -0.1) is 0 Å². The number of methoxy groups -OCH3 is 2. The van der Waals surface area contributed by atoms with Crippen molar-refractivity contribution in [1.29, 1.82) is 0 Å². The van der Waals surface area contributed by atoms with Crippen LogP contribution in [-0.2, 0) is 14.8 Å². The predicted molar refractivity (Wildman–Crippen MR) is 159 cm³/mol. The molecule has 0 bridgehead atoms. The minimum Gasteiger partial charge on any atom is -0.493 e. The summed E-state index contributed by atoms with van der Waals surface area (Å²) in [5, 5.41) is 5.35. The van der Waals surface area contributed by atoms with E-state index in [0.717, 1.165) is 0 Å². The number of rotatable bonds is 10. The fourth-order valence-electron chi connectivity index (χ4n) is 3.92. The third-order valence-corrected chi connectivity index (χ3v) is 7.22. The Kier molecular flexibility index (Phi) is 9.18. The van der Waals surface area contributed by atoms with Crippen LogP contribution in [0.4, 0.5) is 11.6 Å². The van der Waals surface area contributed by atoms with Gasteiger partial charge in [0.1, 0.15) is 5.70 Å². The van der Waals surface area contributed by atoms with Crippen LogP contribution in [0.3, 0.4) is 0 Å². The topological polar surface area (TPSA) is 149 Å². The van der Waals surface area contributed by atoms with Gasteiger partial charge < -0.3 is 20.1 Å². The summed E-state index contributed by atoms with van der Waals surface area (Å²) in [7, 11) is -0.986. The van der Waals surface area contributed by atoms with Crippen molar-refractivity contribution in [3.05, 3.63) is 107 Å². The Morgan fingerprint density at radius 2 is 1.45 bits per heavy atom. The summed E-state index contributed by atoms with van der Waals surface area (Å²) in [5.74, 6) is -0.214. The average Bonchev–Trinajstić information content (AvgIpc) is 2.96. The number of ether oxygens (including phenoxy) is 2. The summed E-state index contributed by atoms with van der Waals surface area (Å²) >= 11 is 0. The lowest BCUT2D eigenvalue weighted by atomic mass is 10.1. The lowest BCUT2D eigenvalue weighted by Crippen LogP contribution is -2.30.